The first-order valence-electron chi connectivity index (χ1n) is 8.31. The highest BCUT2D eigenvalue weighted by atomic mass is 16.5. The van der Waals surface area contributed by atoms with Gasteiger partial charge in [0, 0.05) is 31.7 Å². The van der Waals surface area contributed by atoms with Crippen LogP contribution in [0.4, 0.5) is 0 Å². The Morgan fingerprint density at radius 2 is 1.95 bits per heavy atom. The molecule has 0 aliphatic carbocycles. The highest BCUT2D eigenvalue weighted by Gasteiger charge is 2.25. The molecule has 4 nitrogen and oxygen atoms in total. The molecule has 1 atom stereocenters. The lowest BCUT2D eigenvalue weighted by Crippen LogP contribution is -2.50. The van der Waals surface area contributed by atoms with E-state index in [1.54, 1.807) is 0 Å². The number of rotatable bonds is 6. The molecule has 1 aliphatic rings. The van der Waals surface area contributed by atoms with Gasteiger partial charge in [-0.1, -0.05) is 6.92 Å². The number of aryl methyl sites for hydroxylation is 1. The molecule has 1 heterocycles. The smallest absolute Gasteiger partial charge is 0.179 e. The van der Waals surface area contributed by atoms with E-state index in [-0.39, 0.29) is 17.9 Å². The third-order valence-electron chi connectivity index (χ3n) is 4.17. The molecular formula is C18H28N2O2. The summed E-state index contributed by atoms with van der Waals surface area (Å²) in [5, 5.41) is 3.33. The van der Waals surface area contributed by atoms with Gasteiger partial charge in [-0.2, -0.15) is 0 Å². The zero-order chi connectivity index (χ0) is 16.1. The minimum atomic E-state index is -0.0655. The Bertz CT molecular complexity index is 508. The predicted octanol–water partition coefficient (Wildman–Crippen LogP) is 2.51. The Hall–Kier alpha value is -1.39. The van der Waals surface area contributed by atoms with Crippen molar-refractivity contribution < 1.29 is 9.53 Å². The monoisotopic (exact) mass is 304 g/mol. The standard InChI is InChI=1S/C18H28N2O2/c1-5-15-12-16(22-13(2)3)6-7-17(15)18(21)14(4)20-10-8-19-9-11-20/h6-7,12-14,19H,5,8-11H2,1-4H3. The number of nitrogens with one attached hydrogen (secondary N) is 1. The first-order valence-corrected chi connectivity index (χ1v) is 8.31. The summed E-state index contributed by atoms with van der Waals surface area (Å²) < 4.78 is 5.74. The molecule has 1 aliphatic heterocycles. The normalized spacial score (nSPS) is 17.5. The fourth-order valence-corrected chi connectivity index (χ4v) is 2.91. The molecule has 2 rings (SSSR count). The molecule has 1 N–H and O–H groups in total. The second kappa shape index (κ2) is 7.75. The fraction of sp³-hybridized carbons (Fsp3) is 0.611. The Labute approximate surface area is 133 Å². The summed E-state index contributed by atoms with van der Waals surface area (Å²) in [7, 11) is 0. The van der Waals surface area contributed by atoms with E-state index in [9.17, 15) is 4.79 Å². The van der Waals surface area contributed by atoms with Gasteiger partial charge in [-0.05, 0) is 51.0 Å². The van der Waals surface area contributed by atoms with Crippen molar-refractivity contribution in [1.82, 2.24) is 10.2 Å². The summed E-state index contributed by atoms with van der Waals surface area (Å²) >= 11 is 0. The van der Waals surface area contributed by atoms with Crippen LogP contribution in [0.25, 0.3) is 0 Å². The number of ether oxygens (including phenoxy) is 1. The quantitative estimate of drug-likeness (QED) is 0.820. The average molecular weight is 304 g/mol. The summed E-state index contributed by atoms with van der Waals surface area (Å²) in [6, 6.07) is 5.79. The maximum Gasteiger partial charge on any atom is 0.179 e. The van der Waals surface area contributed by atoms with Gasteiger partial charge in [-0.25, -0.2) is 0 Å². The van der Waals surface area contributed by atoms with Crippen molar-refractivity contribution in [3.8, 4) is 5.75 Å². The first-order chi connectivity index (χ1) is 10.5. The molecule has 1 unspecified atom stereocenters. The Morgan fingerprint density at radius 1 is 1.27 bits per heavy atom. The molecule has 4 heteroatoms. The zero-order valence-electron chi connectivity index (χ0n) is 14.2. The lowest BCUT2D eigenvalue weighted by Gasteiger charge is -2.32. The molecule has 0 spiro atoms. The van der Waals surface area contributed by atoms with Crippen LogP contribution in [0, 0.1) is 0 Å². The van der Waals surface area contributed by atoms with Crippen LogP contribution in [0.1, 0.15) is 43.6 Å². The molecule has 0 radical (unpaired) electrons. The molecule has 1 aromatic carbocycles. The molecule has 1 saturated heterocycles. The van der Waals surface area contributed by atoms with Gasteiger partial charge in [-0.3, -0.25) is 9.69 Å². The van der Waals surface area contributed by atoms with Crippen LogP contribution in [0.3, 0.4) is 0 Å². The number of ketones is 1. The zero-order valence-corrected chi connectivity index (χ0v) is 14.2. The minimum Gasteiger partial charge on any atom is -0.491 e. The van der Waals surface area contributed by atoms with Crippen LogP contribution in [-0.2, 0) is 6.42 Å². The molecule has 0 amide bonds. The molecule has 1 fully saturated rings. The molecular weight excluding hydrogens is 276 g/mol. The number of carbonyl (C=O) groups is 1. The van der Waals surface area contributed by atoms with E-state index in [1.165, 1.54) is 0 Å². The van der Waals surface area contributed by atoms with Crippen molar-refractivity contribution >= 4 is 5.78 Å². The van der Waals surface area contributed by atoms with Crippen LogP contribution in [0.15, 0.2) is 18.2 Å². The predicted molar refractivity (Wildman–Crippen MR) is 89.8 cm³/mol. The molecule has 22 heavy (non-hydrogen) atoms. The molecule has 0 bridgehead atoms. The number of benzene rings is 1. The molecule has 0 saturated carbocycles. The van der Waals surface area contributed by atoms with Crippen LogP contribution >= 0.6 is 0 Å². The number of nitrogens with zero attached hydrogens (tertiary/aromatic N) is 1. The van der Waals surface area contributed by atoms with Gasteiger partial charge in [0.2, 0.25) is 0 Å². The van der Waals surface area contributed by atoms with Crippen LogP contribution in [0.2, 0.25) is 0 Å². The third kappa shape index (κ3) is 4.08. The number of hydrogen-bond acceptors (Lipinski definition) is 4. The van der Waals surface area contributed by atoms with E-state index in [0.29, 0.717) is 0 Å². The van der Waals surface area contributed by atoms with E-state index in [0.717, 1.165) is 49.5 Å². The number of hydrogen-bond donors (Lipinski definition) is 1. The number of Topliss-reactive ketones (excluding diaryl/α,β-unsaturated/α-hetero) is 1. The first kappa shape index (κ1) is 17.0. The van der Waals surface area contributed by atoms with Gasteiger partial charge < -0.3 is 10.1 Å². The van der Waals surface area contributed by atoms with Crippen molar-refractivity contribution in [1.29, 1.82) is 0 Å². The molecule has 1 aromatic rings. The second-order valence-corrected chi connectivity index (χ2v) is 6.17. The van der Waals surface area contributed by atoms with Gasteiger partial charge >= 0.3 is 0 Å². The van der Waals surface area contributed by atoms with Gasteiger partial charge in [-0.15, -0.1) is 0 Å². The van der Waals surface area contributed by atoms with Crippen LogP contribution in [-0.4, -0.2) is 49.0 Å². The van der Waals surface area contributed by atoms with Crippen molar-refractivity contribution in [2.24, 2.45) is 0 Å². The summed E-state index contributed by atoms with van der Waals surface area (Å²) in [5.41, 5.74) is 1.91. The summed E-state index contributed by atoms with van der Waals surface area (Å²) in [6.45, 7) is 11.9. The maximum atomic E-state index is 12.9. The van der Waals surface area contributed by atoms with Crippen molar-refractivity contribution in [2.45, 2.75) is 46.3 Å². The van der Waals surface area contributed by atoms with Crippen LogP contribution in [0.5, 0.6) is 5.75 Å². The van der Waals surface area contributed by atoms with E-state index in [4.69, 9.17) is 4.74 Å². The lowest BCUT2D eigenvalue weighted by molar-refractivity contribution is 0.0819. The van der Waals surface area contributed by atoms with Crippen molar-refractivity contribution in [2.75, 3.05) is 26.2 Å². The highest BCUT2D eigenvalue weighted by Crippen LogP contribution is 2.22. The lowest BCUT2D eigenvalue weighted by atomic mass is 9.96. The van der Waals surface area contributed by atoms with Crippen molar-refractivity contribution in [3.63, 3.8) is 0 Å². The van der Waals surface area contributed by atoms with Crippen LogP contribution < -0.4 is 10.1 Å². The third-order valence-corrected chi connectivity index (χ3v) is 4.17. The number of carbonyl (C=O) groups excluding carboxylic acids is 1. The van der Waals surface area contributed by atoms with E-state index < -0.39 is 0 Å². The van der Waals surface area contributed by atoms with Gasteiger partial charge in [0.15, 0.2) is 5.78 Å². The van der Waals surface area contributed by atoms with E-state index in [2.05, 4.69) is 17.1 Å². The van der Waals surface area contributed by atoms with Crippen molar-refractivity contribution in [3.05, 3.63) is 29.3 Å². The average Bonchev–Trinajstić information content (AvgIpc) is 2.53. The van der Waals surface area contributed by atoms with E-state index >= 15 is 0 Å². The Morgan fingerprint density at radius 3 is 2.55 bits per heavy atom. The Balaban J connectivity index is 2.17. The van der Waals surface area contributed by atoms with E-state index in [1.807, 2.05) is 39.0 Å². The van der Waals surface area contributed by atoms with Gasteiger partial charge in [0.1, 0.15) is 5.75 Å². The van der Waals surface area contributed by atoms with Gasteiger partial charge in [0.25, 0.3) is 0 Å². The second-order valence-electron chi connectivity index (χ2n) is 6.17. The maximum absolute atomic E-state index is 12.9. The molecule has 122 valence electrons. The SMILES string of the molecule is CCc1cc(OC(C)C)ccc1C(=O)C(C)N1CCNCC1. The summed E-state index contributed by atoms with van der Waals surface area (Å²) in [6.07, 6.45) is 0.982. The highest BCUT2D eigenvalue weighted by molar-refractivity contribution is 6.01. The molecule has 0 aromatic heterocycles. The largest absolute Gasteiger partial charge is 0.491 e. The summed E-state index contributed by atoms with van der Waals surface area (Å²) in [5.74, 6) is 1.06. The Kier molecular flexibility index (Phi) is 5.98. The minimum absolute atomic E-state index is 0.0655. The summed E-state index contributed by atoms with van der Waals surface area (Å²) in [4.78, 5) is 15.1. The number of piperazine rings is 1. The van der Waals surface area contributed by atoms with Gasteiger partial charge in [0.05, 0.1) is 12.1 Å². The topological polar surface area (TPSA) is 41.6 Å². The fourth-order valence-electron chi connectivity index (χ4n) is 2.91.